The van der Waals surface area contributed by atoms with Crippen molar-refractivity contribution in [3.8, 4) is 0 Å². The molecule has 6 heteroatoms. The summed E-state index contributed by atoms with van der Waals surface area (Å²) < 4.78 is 44.8. The van der Waals surface area contributed by atoms with E-state index in [0.29, 0.717) is 0 Å². The molecule has 0 bridgehead atoms. The Morgan fingerprint density at radius 3 is 1.91 bits per heavy atom. The molecule has 0 aliphatic heterocycles. The Morgan fingerprint density at radius 2 is 1.82 bits per heavy atom. The molecule has 0 aliphatic rings. The second-order valence-electron chi connectivity index (χ2n) is 2.97. The van der Waals surface area contributed by atoms with E-state index in [2.05, 4.69) is 0 Å². The third kappa shape index (κ3) is 4.53. The first kappa shape index (κ1) is 11.1. The summed E-state index contributed by atoms with van der Waals surface area (Å²) >= 11 is 0. The molecule has 0 N–H and O–H groups in total. The number of hydrogen-bond donors (Lipinski definition) is 0. The van der Waals surface area contributed by atoms with Crippen molar-refractivity contribution in [1.29, 1.82) is 0 Å². The zero-order valence-corrected chi connectivity index (χ0v) is 7.72. The summed E-state index contributed by atoms with van der Waals surface area (Å²) in [5.74, 6) is -0.709. The maximum atomic E-state index is 12.0. The van der Waals surface area contributed by atoms with Crippen molar-refractivity contribution in [1.82, 2.24) is 0 Å². The number of alkyl halides is 2. The van der Waals surface area contributed by atoms with Crippen LogP contribution in [0.25, 0.3) is 0 Å². The quantitative estimate of drug-likeness (QED) is 0.661. The fraction of sp³-hybridized carbons (Fsp3) is 1.00. The minimum absolute atomic E-state index is 0.709. The van der Waals surface area contributed by atoms with Crippen molar-refractivity contribution in [2.24, 2.45) is 5.41 Å². The van der Waals surface area contributed by atoms with E-state index in [1.807, 2.05) is 0 Å². The lowest BCUT2D eigenvalue weighted by Gasteiger charge is -2.20. The smallest absolute Gasteiger partial charge is 0.212 e. The van der Waals surface area contributed by atoms with E-state index in [4.69, 9.17) is 10.7 Å². The van der Waals surface area contributed by atoms with E-state index in [-0.39, 0.29) is 0 Å². The van der Waals surface area contributed by atoms with Gasteiger partial charge in [-0.15, -0.1) is 0 Å². The van der Waals surface area contributed by atoms with Crippen molar-refractivity contribution >= 4 is 19.7 Å². The summed E-state index contributed by atoms with van der Waals surface area (Å²) in [6, 6.07) is 0. The molecule has 0 aliphatic carbocycles. The summed E-state index contributed by atoms with van der Waals surface area (Å²) in [5.41, 5.74) is -1.57. The molecule has 0 aromatic heterocycles. The molecule has 0 radical (unpaired) electrons. The van der Waals surface area contributed by atoms with Crippen molar-refractivity contribution in [3.63, 3.8) is 0 Å². The lowest BCUT2D eigenvalue weighted by Crippen LogP contribution is -2.29. The Balaban J connectivity index is 4.38. The Kier molecular flexibility index (Phi) is 3.26. The predicted molar refractivity (Wildman–Crippen MR) is 39.4 cm³/mol. The second kappa shape index (κ2) is 3.23. The van der Waals surface area contributed by atoms with E-state index in [9.17, 15) is 17.2 Å². The van der Waals surface area contributed by atoms with Crippen molar-refractivity contribution < 1.29 is 17.2 Å². The minimum Gasteiger partial charge on any atom is -0.212 e. The molecule has 0 aromatic carbocycles. The third-order valence-electron chi connectivity index (χ3n) is 1.14. The number of halogens is 3. The van der Waals surface area contributed by atoms with Crippen LogP contribution < -0.4 is 0 Å². The lowest BCUT2D eigenvalue weighted by molar-refractivity contribution is 0.0347. The monoisotopic (exact) mass is 206 g/mol. The average molecular weight is 207 g/mol. The summed E-state index contributed by atoms with van der Waals surface area (Å²) in [7, 11) is 0.966. The topological polar surface area (TPSA) is 34.1 Å². The van der Waals surface area contributed by atoms with Gasteiger partial charge in [-0.1, -0.05) is 13.8 Å². The molecule has 0 spiro atoms. The standard InChI is InChI=1S/C5H9ClF2O2S/c1-5(2,4(7)8)3-11(6,9)10/h4H,3H2,1-2H3. The van der Waals surface area contributed by atoms with Crippen LogP contribution in [0.2, 0.25) is 0 Å². The zero-order valence-electron chi connectivity index (χ0n) is 6.14. The van der Waals surface area contributed by atoms with Crippen LogP contribution in [0.1, 0.15) is 13.8 Å². The molecule has 0 unspecified atom stereocenters. The van der Waals surface area contributed by atoms with Crippen molar-refractivity contribution in [2.75, 3.05) is 5.75 Å². The van der Waals surface area contributed by atoms with Crippen molar-refractivity contribution in [3.05, 3.63) is 0 Å². The van der Waals surface area contributed by atoms with Crippen LogP contribution in [0.4, 0.5) is 8.78 Å². The molecule has 2 nitrogen and oxygen atoms in total. The first-order valence-electron chi connectivity index (χ1n) is 2.85. The highest BCUT2D eigenvalue weighted by atomic mass is 35.7. The number of hydrogen-bond acceptors (Lipinski definition) is 2. The van der Waals surface area contributed by atoms with Gasteiger partial charge in [0.1, 0.15) is 0 Å². The fourth-order valence-electron chi connectivity index (χ4n) is 0.507. The molecular weight excluding hydrogens is 198 g/mol. The average Bonchev–Trinajstić information content (AvgIpc) is 1.56. The Labute approximate surface area is 69.0 Å². The van der Waals surface area contributed by atoms with Crippen molar-refractivity contribution in [2.45, 2.75) is 20.3 Å². The van der Waals surface area contributed by atoms with E-state index in [1.165, 1.54) is 0 Å². The van der Waals surface area contributed by atoms with Gasteiger partial charge in [0.05, 0.1) is 5.75 Å². The van der Waals surface area contributed by atoms with Crippen LogP contribution in [0, 0.1) is 5.41 Å². The molecule has 11 heavy (non-hydrogen) atoms. The third-order valence-corrected chi connectivity index (χ3v) is 2.55. The van der Waals surface area contributed by atoms with Crippen LogP contribution in [0.3, 0.4) is 0 Å². The van der Waals surface area contributed by atoms with Gasteiger partial charge in [0.15, 0.2) is 0 Å². The van der Waals surface area contributed by atoms with Crippen LogP contribution in [-0.2, 0) is 9.05 Å². The van der Waals surface area contributed by atoms with Gasteiger partial charge in [0.2, 0.25) is 15.5 Å². The van der Waals surface area contributed by atoms with E-state index in [0.717, 1.165) is 13.8 Å². The van der Waals surface area contributed by atoms with Crippen LogP contribution in [0.15, 0.2) is 0 Å². The normalized spacial score (nSPS) is 14.0. The van der Waals surface area contributed by atoms with Gasteiger partial charge in [-0.05, 0) is 0 Å². The van der Waals surface area contributed by atoms with E-state index >= 15 is 0 Å². The second-order valence-corrected chi connectivity index (χ2v) is 5.75. The van der Waals surface area contributed by atoms with E-state index in [1.54, 1.807) is 0 Å². The van der Waals surface area contributed by atoms with Gasteiger partial charge < -0.3 is 0 Å². The summed E-state index contributed by atoms with van der Waals surface area (Å²) in [4.78, 5) is 0. The molecule has 0 aromatic rings. The summed E-state index contributed by atoms with van der Waals surface area (Å²) in [6.07, 6.45) is -2.68. The van der Waals surface area contributed by atoms with Gasteiger partial charge in [-0.3, -0.25) is 0 Å². The lowest BCUT2D eigenvalue weighted by atomic mass is 9.98. The van der Waals surface area contributed by atoms with Crippen LogP contribution in [0.5, 0.6) is 0 Å². The van der Waals surface area contributed by atoms with Crippen LogP contribution in [-0.4, -0.2) is 20.6 Å². The molecular formula is C5H9ClF2O2S. The maximum absolute atomic E-state index is 12.0. The molecule has 0 amide bonds. The predicted octanol–water partition coefficient (Wildman–Crippen LogP) is 1.85. The summed E-state index contributed by atoms with van der Waals surface area (Å²) in [5, 5.41) is 0. The Morgan fingerprint density at radius 1 is 1.45 bits per heavy atom. The minimum atomic E-state index is -3.83. The van der Waals surface area contributed by atoms with Gasteiger partial charge in [0.25, 0.3) is 0 Å². The van der Waals surface area contributed by atoms with Gasteiger partial charge >= 0.3 is 0 Å². The fourth-order valence-corrected chi connectivity index (χ4v) is 2.37. The highest BCUT2D eigenvalue weighted by Crippen LogP contribution is 2.27. The molecule has 0 rings (SSSR count). The maximum Gasteiger partial charge on any atom is 0.244 e. The molecule has 0 atom stereocenters. The highest BCUT2D eigenvalue weighted by Gasteiger charge is 2.34. The first-order valence-corrected chi connectivity index (χ1v) is 5.33. The largest absolute Gasteiger partial charge is 0.244 e. The van der Waals surface area contributed by atoms with Gasteiger partial charge in [0, 0.05) is 16.1 Å². The van der Waals surface area contributed by atoms with Gasteiger partial charge in [-0.25, -0.2) is 17.2 Å². The summed E-state index contributed by atoms with van der Waals surface area (Å²) in [6.45, 7) is 2.30. The zero-order chi connectivity index (χ0) is 9.28. The molecule has 0 saturated carbocycles. The molecule has 0 saturated heterocycles. The molecule has 0 fully saturated rings. The van der Waals surface area contributed by atoms with Crippen LogP contribution >= 0.6 is 10.7 Å². The molecule has 0 heterocycles. The highest BCUT2D eigenvalue weighted by molar-refractivity contribution is 8.13. The first-order chi connectivity index (χ1) is 4.65. The van der Waals surface area contributed by atoms with Gasteiger partial charge in [-0.2, -0.15) is 0 Å². The Hall–Kier alpha value is 0.1000. The molecule has 68 valence electrons. The van der Waals surface area contributed by atoms with E-state index < -0.39 is 26.6 Å². The SMILES string of the molecule is CC(C)(CS(=O)(=O)Cl)C(F)F. The number of rotatable bonds is 3. The Bertz CT molecular complexity index is 223.